The predicted molar refractivity (Wildman–Crippen MR) is 78.6 cm³/mol. The Kier molecular flexibility index (Phi) is 5.84. The quantitative estimate of drug-likeness (QED) is 0.581. The molecule has 98 valence electrons. The lowest BCUT2D eigenvalue weighted by Gasteiger charge is -2.20. The van der Waals surface area contributed by atoms with Crippen molar-refractivity contribution < 1.29 is 4.74 Å². The molecular formula is C14H18ClNOS. The Morgan fingerprint density at radius 1 is 1.50 bits per heavy atom. The summed E-state index contributed by atoms with van der Waals surface area (Å²) in [6, 6.07) is 1.98. The van der Waals surface area contributed by atoms with Crippen LogP contribution in [0.25, 0.3) is 0 Å². The van der Waals surface area contributed by atoms with E-state index in [2.05, 4.69) is 12.3 Å². The maximum Gasteiger partial charge on any atom is 0.133 e. The Hall–Kier alpha value is -0.850. The van der Waals surface area contributed by atoms with Crippen LogP contribution < -0.4 is 4.74 Å². The summed E-state index contributed by atoms with van der Waals surface area (Å²) in [6.45, 7) is 6.16. The maximum absolute atomic E-state index is 8.55. The Balaban J connectivity index is 3.06. The first-order valence-electron chi connectivity index (χ1n) is 5.87. The Bertz CT molecular complexity index is 468. The molecule has 0 aromatic heterocycles. The molecule has 1 unspecified atom stereocenters. The van der Waals surface area contributed by atoms with Crippen molar-refractivity contribution in [3.63, 3.8) is 0 Å². The van der Waals surface area contributed by atoms with E-state index in [1.807, 2.05) is 19.9 Å². The van der Waals surface area contributed by atoms with E-state index in [0.717, 1.165) is 39.6 Å². The van der Waals surface area contributed by atoms with Gasteiger partial charge in [0.05, 0.1) is 7.11 Å². The van der Waals surface area contributed by atoms with E-state index in [1.165, 1.54) is 11.8 Å². The average molecular weight is 284 g/mol. The standard InChI is InChI=1S/C14H18ClNOS/c1-9(5-6-18-8-16)13-11(3)14(15)10(2)7-12(13)17-4/h7,9H,5-6H2,1-4H3. The number of methoxy groups -OCH3 is 1. The maximum atomic E-state index is 8.55. The first-order chi connectivity index (χ1) is 8.52. The number of nitrogens with zero attached hydrogens (tertiary/aromatic N) is 1. The molecule has 1 rings (SSSR count). The molecule has 0 heterocycles. The van der Waals surface area contributed by atoms with Gasteiger partial charge in [-0.2, -0.15) is 5.26 Å². The van der Waals surface area contributed by atoms with Gasteiger partial charge in [-0.3, -0.25) is 0 Å². The van der Waals surface area contributed by atoms with Gasteiger partial charge in [-0.1, -0.05) is 18.5 Å². The second-order valence-corrected chi connectivity index (χ2v) is 5.64. The number of nitriles is 1. The molecule has 1 atom stereocenters. The molecule has 0 bridgehead atoms. The van der Waals surface area contributed by atoms with Crippen molar-refractivity contribution in [1.29, 1.82) is 5.26 Å². The van der Waals surface area contributed by atoms with E-state index in [-0.39, 0.29) is 0 Å². The molecule has 0 N–H and O–H groups in total. The summed E-state index contributed by atoms with van der Waals surface area (Å²) in [5, 5.41) is 11.5. The number of halogens is 1. The van der Waals surface area contributed by atoms with Crippen LogP contribution in [0.5, 0.6) is 5.75 Å². The van der Waals surface area contributed by atoms with Gasteiger partial charge in [0.1, 0.15) is 11.2 Å². The Morgan fingerprint density at radius 2 is 2.17 bits per heavy atom. The number of rotatable bonds is 5. The fourth-order valence-electron chi connectivity index (χ4n) is 2.14. The van der Waals surface area contributed by atoms with E-state index in [4.69, 9.17) is 21.6 Å². The summed E-state index contributed by atoms with van der Waals surface area (Å²) in [7, 11) is 1.68. The molecule has 1 aromatic rings. The van der Waals surface area contributed by atoms with Gasteiger partial charge < -0.3 is 4.74 Å². The Labute approximate surface area is 118 Å². The molecule has 0 spiro atoms. The average Bonchev–Trinajstić information content (AvgIpc) is 2.35. The van der Waals surface area contributed by atoms with Gasteiger partial charge in [-0.15, -0.1) is 0 Å². The van der Waals surface area contributed by atoms with Crippen LogP contribution in [0.3, 0.4) is 0 Å². The van der Waals surface area contributed by atoms with Crippen molar-refractivity contribution in [1.82, 2.24) is 0 Å². The van der Waals surface area contributed by atoms with E-state index in [9.17, 15) is 0 Å². The van der Waals surface area contributed by atoms with E-state index < -0.39 is 0 Å². The van der Waals surface area contributed by atoms with Crippen LogP contribution in [0.4, 0.5) is 0 Å². The molecule has 18 heavy (non-hydrogen) atoms. The van der Waals surface area contributed by atoms with Crippen LogP contribution in [0.1, 0.15) is 36.0 Å². The molecule has 4 heteroatoms. The molecule has 0 fully saturated rings. The van der Waals surface area contributed by atoms with E-state index in [1.54, 1.807) is 7.11 Å². The van der Waals surface area contributed by atoms with Crippen LogP contribution in [-0.4, -0.2) is 12.9 Å². The number of hydrogen-bond acceptors (Lipinski definition) is 3. The first-order valence-corrected chi connectivity index (χ1v) is 7.23. The van der Waals surface area contributed by atoms with Gasteiger partial charge in [0.25, 0.3) is 0 Å². The third-order valence-electron chi connectivity index (χ3n) is 3.12. The second kappa shape index (κ2) is 6.92. The highest BCUT2D eigenvalue weighted by atomic mass is 35.5. The number of thiocyanates is 1. The lowest BCUT2D eigenvalue weighted by Crippen LogP contribution is -2.03. The lowest BCUT2D eigenvalue weighted by atomic mass is 9.92. The summed E-state index contributed by atoms with van der Waals surface area (Å²) in [4.78, 5) is 0. The molecule has 2 nitrogen and oxygen atoms in total. The molecule has 0 saturated heterocycles. The van der Waals surface area contributed by atoms with E-state index >= 15 is 0 Å². The smallest absolute Gasteiger partial charge is 0.133 e. The minimum Gasteiger partial charge on any atom is -0.496 e. The Morgan fingerprint density at radius 3 is 2.72 bits per heavy atom. The number of benzene rings is 1. The number of aryl methyl sites for hydroxylation is 1. The number of ether oxygens (including phenoxy) is 1. The van der Waals surface area contributed by atoms with Crippen molar-refractivity contribution >= 4 is 23.4 Å². The molecule has 0 aliphatic rings. The van der Waals surface area contributed by atoms with Gasteiger partial charge in [0, 0.05) is 16.3 Å². The van der Waals surface area contributed by atoms with Crippen molar-refractivity contribution in [3.05, 3.63) is 27.8 Å². The number of thioether (sulfide) groups is 1. The van der Waals surface area contributed by atoms with Crippen LogP contribution >= 0.6 is 23.4 Å². The third-order valence-corrected chi connectivity index (χ3v) is 4.27. The molecule has 0 radical (unpaired) electrons. The van der Waals surface area contributed by atoms with Gasteiger partial charge in [-0.25, -0.2) is 0 Å². The fourth-order valence-corrected chi connectivity index (χ4v) is 2.86. The lowest BCUT2D eigenvalue weighted by molar-refractivity contribution is 0.405. The summed E-state index contributed by atoms with van der Waals surface area (Å²) in [6.07, 6.45) is 0.939. The van der Waals surface area contributed by atoms with Gasteiger partial charge in [0.15, 0.2) is 0 Å². The molecule has 0 amide bonds. The van der Waals surface area contributed by atoms with Gasteiger partial charge in [0.2, 0.25) is 0 Å². The molecule has 1 aromatic carbocycles. The van der Waals surface area contributed by atoms with Crippen molar-refractivity contribution in [2.75, 3.05) is 12.9 Å². The van der Waals surface area contributed by atoms with Crippen LogP contribution in [0.2, 0.25) is 5.02 Å². The highest BCUT2D eigenvalue weighted by Gasteiger charge is 2.18. The van der Waals surface area contributed by atoms with Crippen LogP contribution in [-0.2, 0) is 0 Å². The van der Waals surface area contributed by atoms with Gasteiger partial charge >= 0.3 is 0 Å². The fraction of sp³-hybridized carbons (Fsp3) is 0.500. The highest BCUT2D eigenvalue weighted by Crippen LogP contribution is 2.37. The molecule has 0 saturated carbocycles. The monoisotopic (exact) mass is 283 g/mol. The molecular weight excluding hydrogens is 266 g/mol. The summed E-state index contributed by atoms with van der Waals surface area (Å²) < 4.78 is 5.46. The SMILES string of the molecule is COc1cc(C)c(Cl)c(C)c1C(C)CCSC#N. The number of hydrogen-bond donors (Lipinski definition) is 0. The topological polar surface area (TPSA) is 33.0 Å². The zero-order valence-electron chi connectivity index (χ0n) is 11.2. The normalized spacial score (nSPS) is 12.0. The van der Waals surface area contributed by atoms with Crippen LogP contribution in [0.15, 0.2) is 6.07 Å². The zero-order valence-corrected chi connectivity index (χ0v) is 12.8. The van der Waals surface area contributed by atoms with E-state index in [0.29, 0.717) is 5.92 Å². The third kappa shape index (κ3) is 3.34. The first kappa shape index (κ1) is 15.2. The largest absolute Gasteiger partial charge is 0.496 e. The highest BCUT2D eigenvalue weighted by molar-refractivity contribution is 8.03. The van der Waals surface area contributed by atoms with Crippen molar-refractivity contribution in [2.45, 2.75) is 33.1 Å². The van der Waals surface area contributed by atoms with Crippen LogP contribution in [0, 0.1) is 24.5 Å². The molecule has 0 aliphatic heterocycles. The summed E-state index contributed by atoms with van der Waals surface area (Å²) in [5.74, 6) is 2.05. The van der Waals surface area contributed by atoms with Crippen molar-refractivity contribution in [3.8, 4) is 11.2 Å². The summed E-state index contributed by atoms with van der Waals surface area (Å²) in [5.41, 5.74) is 3.28. The summed E-state index contributed by atoms with van der Waals surface area (Å²) >= 11 is 7.59. The zero-order chi connectivity index (χ0) is 13.7. The van der Waals surface area contributed by atoms with Crippen molar-refractivity contribution in [2.24, 2.45) is 0 Å². The molecule has 0 aliphatic carbocycles. The minimum absolute atomic E-state index is 0.332. The van der Waals surface area contributed by atoms with Gasteiger partial charge in [-0.05, 0) is 55.1 Å². The predicted octanol–water partition coefficient (Wildman–Crippen LogP) is 4.67. The minimum atomic E-state index is 0.332. The second-order valence-electron chi connectivity index (χ2n) is 4.38.